The second kappa shape index (κ2) is 3.75. The molecule has 0 bridgehead atoms. The van der Waals surface area contributed by atoms with Gasteiger partial charge in [-0.15, -0.1) is 11.3 Å². The molecule has 0 saturated heterocycles. The zero-order chi connectivity index (χ0) is 9.35. The van der Waals surface area contributed by atoms with E-state index < -0.39 is 10.0 Å². The minimum Gasteiger partial charge on any atom is -0.225 e. The molecule has 0 saturated carbocycles. The van der Waals surface area contributed by atoms with Gasteiger partial charge in [0.2, 0.25) is 10.0 Å². The van der Waals surface area contributed by atoms with Crippen LogP contribution in [0.4, 0.5) is 0 Å². The first-order chi connectivity index (χ1) is 5.45. The molecular formula is C5H5Br2NO2S2. The number of alkyl halides is 1. The molecule has 0 aromatic carbocycles. The second-order valence-corrected chi connectivity index (χ2v) is 6.62. The molecule has 1 aromatic heterocycles. The maximum atomic E-state index is 11.0. The van der Waals surface area contributed by atoms with E-state index >= 15 is 0 Å². The smallest absolute Gasteiger partial charge is 0.225 e. The fourth-order valence-corrected chi connectivity index (χ4v) is 4.36. The standard InChI is InChI=1S/C5H5Br2NO2S2/c6-2-3-4(12(8,9)10)1-5(7)11-3/h1H,2H2,(H2,8,9,10). The van der Waals surface area contributed by atoms with Gasteiger partial charge in [-0.2, -0.15) is 0 Å². The van der Waals surface area contributed by atoms with Crippen molar-refractivity contribution in [2.45, 2.75) is 10.2 Å². The summed E-state index contributed by atoms with van der Waals surface area (Å²) in [4.78, 5) is 0.903. The minimum atomic E-state index is -3.57. The van der Waals surface area contributed by atoms with Crippen molar-refractivity contribution in [1.82, 2.24) is 0 Å². The van der Waals surface area contributed by atoms with Gasteiger partial charge in [0.05, 0.1) is 8.68 Å². The normalized spacial score (nSPS) is 11.9. The summed E-state index contributed by atoms with van der Waals surface area (Å²) in [5, 5.41) is 5.48. The first-order valence-electron chi connectivity index (χ1n) is 2.82. The van der Waals surface area contributed by atoms with E-state index in [1.165, 1.54) is 17.4 Å². The Morgan fingerprint density at radius 1 is 1.58 bits per heavy atom. The van der Waals surface area contributed by atoms with E-state index in [1.54, 1.807) is 0 Å². The maximum Gasteiger partial charge on any atom is 0.239 e. The number of primary sulfonamides is 1. The van der Waals surface area contributed by atoms with Gasteiger partial charge in [-0.1, -0.05) is 15.9 Å². The van der Waals surface area contributed by atoms with Crippen molar-refractivity contribution < 1.29 is 8.42 Å². The van der Waals surface area contributed by atoms with E-state index in [4.69, 9.17) is 5.14 Å². The van der Waals surface area contributed by atoms with Crippen molar-refractivity contribution in [3.8, 4) is 0 Å². The van der Waals surface area contributed by atoms with E-state index in [2.05, 4.69) is 31.9 Å². The lowest BCUT2D eigenvalue weighted by Gasteiger charge is -1.94. The van der Waals surface area contributed by atoms with Crippen LogP contribution in [0.3, 0.4) is 0 Å². The fraction of sp³-hybridized carbons (Fsp3) is 0.200. The topological polar surface area (TPSA) is 60.2 Å². The largest absolute Gasteiger partial charge is 0.239 e. The molecule has 1 heterocycles. The summed E-state index contributed by atoms with van der Waals surface area (Å²) in [6, 6.07) is 1.51. The summed E-state index contributed by atoms with van der Waals surface area (Å²) in [5.74, 6) is 0. The van der Waals surface area contributed by atoms with Gasteiger partial charge in [-0.25, -0.2) is 13.6 Å². The van der Waals surface area contributed by atoms with Crippen LogP contribution in [0.5, 0.6) is 0 Å². The number of thiophene rings is 1. The Balaban J connectivity index is 3.33. The van der Waals surface area contributed by atoms with Crippen LogP contribution in [-0.4, -0.2) is 8.42 Å². The van der Waals surface area contributed by atoms with Crippen LogP contribution in [-0.2, 0) is 15.4 Å². The number of nitrogens with two attached hydrogens (primary N) is 1. The van der Waals surface area contributed by atoms with Crippen molar-refractivity contribution in [3.63, 3.8) is 0 Å². The lowest BCUT2D eigenvalue weighted by atomic mass is 10.5. The Morgan fingerprint density at radius 2 is 2.17 bits per heavy atom. The van der Waals surface area contributed by atoms with E-state index in [9.17, 15) is 8.42 Å². The molecule has 0 aliphatic carbocycles. The van der Waals surface area contributed by atoms with Crippen LogP contribution in [0.25, 0.3) is 0 Å². The molecule has 2 N–H and O–H groups in total. The number of halogens is 2. The van der Waals surface area contributed by atoms with E-state index in [0.717, 1.165) is 3.79 Å². The first kappa shape index (κ1) is 10.6. The van der Waals surface area contributed by atoms with Gasteiger partial charge in [0.1, 0.15) is 0 Å². The molecule has 0 aliphatic heterocycles. The van der Waals surface area contributed by atoms with Crippen LogP contribution in [0.15, 0.2) is 14.7 Å². The summed E-state index contributed by atoms with van der Waals surface area (Å²) in [6.07, 6.45) is 0. The number of hydrogen-bond acceptors (Lipinski definition) is 3. The molecular weight excluding hydrogens is 330 g/mol. The van der Waals surface area contributed by atoms with E-state index in [-0.39, 0.29) is 4.90 Å². The molecule has 0 aliphatic rings. The minimum absolute atomic E-state index is 0.191. The summed E-state index contributed by atoms with van der Waals surface area (Å²) < 4.78 is 22.7. The Morgan fingerprint density at radius 3 is 2.50 bits per heavy atom. The van der Waals surface area contributed by atoms with Crippen molar-refractivity contribution in [3.05, 3.63) is 14.7 Å². The lowest BCUT2D eigenvalue weighted by Crippen LogP contribution is -2.12. The Labute approximate surface area is 91.3 Å². The fourth-order valence-electron chi connectivity index (χ4n) is 0.715. The van der Waals surface area contributed by atoms with Gasteiger partial charge in [0.15, 0.2) is 0 Å². The molecule has 12 heavy (non-hydrogen) atoms. The van der Waals surface area contributed by atoms with Crippen LogP contribution >= 0.6 is 43.2 Å². The van der Waals surface area contributed by atoms with Gasteiger partial charge >= 0.3 is 0 Å². The van der Waals surface area contributed by atoms with Crippen LogP contribution in [0.1, 0.15) is 4.88 Å². The van der Waals surface area contributed by atoms with Crippen molar-refractivity contribution >= 4 is 53.2 Å². The molecule has 0 fully saturated rings. The summed E-state index contributed by atoms with van der Waals surface area (Å²) in [7, 11) is -3.57. The Bertz CT molecular complexity index is 384. The predicted octanol–water partition coefficient (Wildman–Crippen LogP) is 2.05. The van der Waals surface area contributed by atoms with Gasteiger partial charge < -0.3 is 0 Å². The SMILES string of the molecule is NS(=O)(=O)c1cc(Br)sc1CBr. The third-order valence-corrected chi connectivity index (χ3v) is 4.84. The molecule has 7 heteroatoms. The lowest BCUT2D eigenvalue weighted by molar-refractivity contribution is 0.597. The molecule has 1 aromatic rings. The second-order valence-electron chi connectivity index (χ2n) is 2.02. The molecule has 3 nitrogen and oxygen atoms in total. The third-order valence-electron chi connectivity index (χ3n) is 1.17. The zero-order valence-electron chi connectivity index (χ0n) is 5.75. The summed E-state index contributed by atoms with van der Waals surface area (Å²) in [6.45, 7) is 0. The molecule has 68 valence electrons. The zero-order valence-corrected chi connectivity index (χ0v) is 10.6. The molecule has 0 unspecified atom stereocenters. The first-order valence-corrected chi connectivity index (χ1v) is 7.10. The van der Waals surface area contributed by atoms with Crippen LogP contribution in [0, 0.1) is 0 Å². The average Bonchev–Trinajstić information content (AvgIpc) is 2.29. The Kier molecular flexibility index (Phi) is 3.33. The van der Waals surface area contributed by atoms with Gasteiger partial charge in [0, 0.05) is 10.2 Å². The average molecular weight is 335 g/mol. The highest BCUT2D eigenvalue weighted by Crippen LogP contribution is 2.31. The number of sulfonamides is 1. The summed E-state index contributed by atoms with van der Waals surface area (Å²) >= 11 is 7.73. The maximum absolute atomic E-state index is 11.0. The van der Waals surface area contributed by atoms with Gasteiger partial charge in [-0.3, -0.25) is 0 Å². The molecule has 0 spiro atoms. The third kappa shape index (κ3) is 2.29. The molecule has 1 rings (SSSR count). The van der Waals surface area contributed by atoms with Crippen molar-refractivity contribution in [1.29, 1.82) is 0 Å². The van der Waals surface area contributed by atoms with Crippen molar-refractivity contribution in [2.75, 3.05) is 0 Å². The molecule has 0 radical (unpaired) electrons. The summed E-state index contributed by atoms with van der Waals surface area (Å²) in [5.41, 5.74) is 0. The van der Waals surface area contributed by atoms with Crippen LogP contribution < -0.4 is 5.14 Å². The van der Waals surface area contributed by atoms with E-state index in [0.29, 0.717) is 10.2 Å². The number of hydrogen-bond donors (Lipinski definition) is 1. The predicted molar refractivity (Wildman–Crippen MR) is 56.0 cm³/mol. The monoisotopic (exact) mass is 333 g/mol. The quantitative estimate of drug-likeness (QED) is 0.841. The highest BCUT2D eigenvalue weighted by Gasteiger charge is 2.16. The highest BCUT2D eigenvalue weighted by atomic mass is 79.9. The Hall–Kier alpha value is 0.570. The molecule has 0 atom stereocenters. The van der Waals surface area contributed by atoms with Crippen LogP contribution in [0.2, 0.25) is 0 Å². The van der Waals surface area contributed by atoms with Gasteiger partial charge in [0.25, 0.3) is 0 Å². The molecule has 0 amide bonds. The van der Waals surface area contributed by atoms with Gasteiger partial charge in [-0.05, 0) is 22.0 Å². The van der Waals surface area contributed by atoms with E-state index in [1.807, 2.05) is 0 Å². The van der Waals surface area contributed by atoms with Crippen molar-refractivity contribution in [2.24, 2.45) is 5.14 Å². The number of rotatable bonds is 2. The highest BCUT2D eigenvalue weighted by molar-refractivity contribution is 9.11.